The zero-order valence-corrected chi connectivity index (χ0v) is 12.7. The highest BCUT2D eigenvalue weighted by Crippen LogP contribution is 2.25. The average Bonchev–Trinajstić information content (AvgIpc) is 2.56. The van der Waals surface area contributed by atoms with E-state index in [-0.39, 0.29) is 12.1 Å². The smallest absolute Gasteiger partial charge is 0.340 e. The zero-order valence-electron chi connectivity index (χ0n) is 12.7. The lowest BCUT2D eigenvalue weighted by molar-refractivity contribution is -0.162. The van der Waals surface area contributed by atoms with E-state index in [1.807, 2.05) is 36.4 Å². The van der Waals surface area contributed by atoms with Crippen molar-refractivity contribution in [2.75, 3.05) is 7.11 Å². The third kappa shape index (κ3) is 3.20. The van der Waals surface area contributed by atoms with Gasteiger partial charge in [0.15, 0.2) is 6.10 Å². The van der Waals surface area contributed by atoms with Gasteiger partial charge in [0.2, 0.25) is 0 Å². The van der Waals surface area contributed by atoms with Gasteiger partial charge in [-0.25, -0.2) is 4.79 Å². The predicted octanol–water partition coefficient (Wildman–Crippen LogP) is 3.47. The van der Waals surface area contributed by atoms with Crippen LogP contribution < -0.4 is 0 Å². The highest BCUT2D eigenvalue weighted by Gasteiger charge is 2.27. The highest BCUT2D eigenvalue weighted by atomic mass is 16.6. The largest absolute Gasteiger partial charge is 0.460 e. The maximum absolute atomic E-state index is 12.4. The Morgan fingerprint density at radius 1 is 1.05 bits per heavy atom. The van der Waals surface area contributed by atoms with E-state index < -0.39 is 6.10 Å². The quantitative estimate of drug-likeness (QED) is 0.810. The van der Waals surface area contributed by atoms with Gasteiger partial charge >= 0.3 is 5.97 Å². The Labute approximate surface area is 130 Å². The van der Waals surface area contributed by atoms with Gasteiger partial charge in [-0.15, -0.1) is 0 Å². The van der Waals surface area contributed by atoms with Crippen LogP contribution in [0.5, 0.6) is 0 Å². The summed E-state index contributed by atoms with van der Waals surface area (Å²) in [6.07, 6.45) is 1.89. The van der Waals surface area contributed by atoms with Gasteiger partial charge in [-0.2, -0.15) is 0 Å². The van der Waals surface area contributed by atoms with Crippen LogP contribution in [0.3, 0.4) is 0 Å². The lowest BCUT2D eigenvalue weighted by Crippen LogP contribution is -2.28. The number of rotatable bonds is 4. The SMILES string of the molecule is COC(C(=O)OC1CCc2ccccc2C1)c1ccccc1. The number of fused-ring (bicyclic) bond motifs is 1. The van der Waals surface area contributed by atoms with Crippen molar-refractivity contribution in [3.05, 3.63) is 71.3 Å². The number of benzene rings is 2. The van der Waals surface area contributed by atoms with Crippen LogP contribution in [0.15, 0.2) is 54.6 Å². The number of ether oxygens (including phenoxy) is 2. The molecule has 3 rings (SSSR count). The monoisotopic (exact) mass is 296 g/mol. The first kappa shape index (κ1) is 14.8. The number of carbonyl (C=O) groups excluding carboxylic acids is 1. The standard InChI is InChI=1S/C19H20O3/c1-21-18(15-8-3-2-4-9-15)19(20)22-17-12-11-14-7-5-6-10-16(14)13-17/h2-10,17-18H,11-13H2,1H3. The van der Waals surface area contributed by atoms with Crippen LogP contribution in [-0.2, 0) is 27.1 Å². The van der Waals surface area contributed by atoms with Crippen LogP contribution in [-0.4, -0.2) is 19.2 Å². The Bertz CT molecular complexity index is 636. The summed E-state index contributed by atoms with van der Waals surface area (Å²) < 4.78 is 11.0. The van der Waals surface area contributed by atoms with Crippen molar-refractivity contribution >= 4 is 5.97 Å². The van der Waals surface area contributed by atoms with Crippen molar-refractivity contribution in [1.29, 1.82) is 0 Å². The molecule has 0 bridgehead atoms. The van der Waals surface area contributed by atoms with Gasteiger partial charge in [-0.3, -0.25) is 0 Å². The molecule has 1 aliphatic rings. The van der Waals surface area contributed by atoms with E-state index in [2.05, 4.69) is 18.2 Å². The van der Waals surface area contributed by atoms with Gasteiger partial charge in [0.05, 0.1) is 0 Å². The predicted molar refractivity (Wildman–Crippen MR) is 84.5 cm³/mol. The van der Waals surface area contributed by atoms with Crippen molar-refractivity contribution in [1.82, 2.24) is 0 Å². The van der Waals surface area contributed by atoms with Crippen LogP contribution in [0, 0.1) is 0 Å². The van der Waals surface area contributed by atoms with Gasteiger partial charge in [0, 0.05) is 13.5 Å². The number of hydrogen-bond donors (Lipinski definition) is 0. The molecular formula is C19H20O3. The number of carbonyl (C=O) groups is 1. The van der Waals surface area contributed by atoms with Crippen molar-refractivity contribution in [3.63, 3.8) is 0 Å². The molecule has 1 aliphatic carbocycles. The van der Waals surface area contributed by atoms with E-state index in [1.165, 1.54) is 18.2 Å². The third-order valence-electron chi connectivity index (χ3n) is 4.14. The molecule has 0 spiro atoms. The van der Waals surface area contributed by atoms with Gasteiger partial charge in [-0.05, 0) is 29.5 Å². The number of hydrogen-bond acceptors (Lipinski definition) is 3. The minimum Gasteiger partial charge on any atom is -0.460 e. The molecule has 0 aliphatic heterocycles. The summed E-state index contributed by atoms with van der Waals surface area (Å²) in [5.74, 6) is -0.307. The highest BCUT2D eigenvalue weighted by molar-refractivity contribution is 5.76. The lowest BCUT2D eigenvalue weighted by atomic mass is 9.90. The van der Waals surface area contributed by atoms with Gasteiger partial charge in [0.25, 0.3) is 0 Å². The molecule has 0 fully saturated rings. The Morgan fingerprint density at radius 3 is 2.45 bits per heavy atom. The summed E-state index contributed by atoms with van der Waals surface area (Å²) in [4.78, 5) is 12.4. The minimum atomic E-state index is -0.654. The van der Waals surface area contributed by atoms with Crippen LogP contribution >= 0.6 is 0 Å². The first-order valence-electron chi connectivity index (χ1n) is 7.63. The molecule has 0 saturated heterocycles. The fourth-order valence-corrected chi connectivity index (χ4v) is 2.99. The molecule has 3 nitrogen and oxygen atoms in total. The second kappa shape index (κ2) is 6.75. The third-order valence-corrected chi connectivity index (χ3v) is 4.14. The molecule has 114 valence electrons. The maximum atomic E-state index is 12.4. The summed E-state index contributed by atoms with van der Waals surface area (Å²) >= 11 is 0. The zero-order chi connectivity index (χ0) is 15.4. The summed E-state index contributed by atoms with van der Waals surface area (Å²) in [6.45, 7) is 0. The first-order valence-corrected chi connectivity index (χ1v) is 7.63. The summed E-state index contributed by atoms with van der Waals surface area (Å²) in [5.41, 5.74) is 3.47. The number of esters is 1. The van der Waals surface area contributed by atoms with Gasteiger partial charge in [-0.1, -0.05) is 54.6 Å². The molecule has 2 unspecified atom stereocenters. The topological polar surface area (TPSA) is 35.5 Å². The number of methoxy groups -OCH3 is 1. The molecule has 0 amide bonds. The van der Waals surface area contributed by atoms with Crippen LogP contribution in [0.2, 0.25) is 0 Å². The molecule has 0 heterocycles. The summed E-state index contributed by atoms with van der Waals surface area (Å²) in [5, 5.41) is 0. The minimum absolute atomic E-state index is 0.0660. The van der Waals surface area contributed by atoms with Crippen molar-refractivity contribution in [2.24, 2.45) is 0 Å². The Kier molecular flexibility index (Phi) is 4.54. The molecule has 0 radical (unpaired) electrons. The molecule has 3 heteroatoms. The lowest BCUT2D eigenvalue weighted by Gasteiger charge is -2.26. The Balaban J connectivity index is 1.67. The van der Waals surface area contributed by atoms with E-state index in [1.54, 1.807) is 0 Å². The fraction of sp³-hybridized carbons (Fsp3) is 0.316. The maximum Gasteiger partial charge on any atom is 0.340 e. The molecule has 22 heavy (non-hydrogen) atoms. The molecular weight excluding hydrogens is 276 g/mol. The molecule has 0 saturated carbocycles. The second-order valence-corrected chi connectivity index (χ2v) is 5.60. The normalized spacial score (nSPS) is 18.3. The van der Waals surface area contributed by atoms with E-state index in [4.69, 9.17) is 9.47 Å². The Morgan fingerprint density at radius 2 is 1.73 bits per heavy atom. The first-order chi connectivity index (χ1) is 10.8. The molecule has 2 aromatic carbocycles. The number of aryl methyl sites for hydroxylation is 1. The van der Waals surface area contributed by atoms with E-state index in [9.17, 15) is 4.79 Å². The van der Waals surface area contributed by atoms with Crippen molar-refractivity contribution in [3.8, 4) is 0 Å². The fourth-order valence-electron chi connectivity index (χ4n) is 2.99. The second-order valence-electron chi connectivity index (χ2n) is 5.60. The van der Waals surface area contributed by atoms with Crippen LogP contribution in [0.1, 0.15) is 29.2 Å². The molecule has 0 aromatic heterocycles. The van der Waals surface area contributed by atoms with Crippen LogP contribution in [0.4, 0.5) is 0 Å². The molecule has 2 aromatic rings. The van der Waals surface area contributed by atoms with Gasteiger partial charge in [0.1, 0.15) is 6.10 Å². The average molecular weight is 296 g/mol. The Hall–Kier alpha value is -2.13. The molecule has 2 atom stereocenters. The van der Waals surface area contributed by atoms with E-state index in [0.717, 1.165) is 24.8 Å². The van der Waals surface area contributed by atoms with Crippen molar-refractivity contribution < 1.29 is 14.3 Å². The molecule has 0 N–H and O–H groups in total. The van der Waals surface area contributed by atoms with E-state index >= 15 is 0 Å². The van der Waals surface area contributed by atoms with E-state index in [0.29, 0.717) is 0 Å². The van der Waals surface area contributed by atoms with Gasteiger partial charge < -0.3 is 9.47 Å². The summed E-state index contributed by atoms with van der Waals surface area (Å²) in [6, 6.07) is 17.8. The van der Waals surface area contributed by atoms with Crippen molar-refractivity contribution in [2.45, 2.75) is 31.5 Å². The van der Waals surface area contributed by atoms with Crippen LogP contribution in [0.25, 0.3) is 0 Å². The summed E-state index contributed by atoms with van der Waals surface area (Å²) in [7, 11) is 1.54.